The van der Waals surface area contributed by atoms with Gasteiger partial charge in [0.15, 0.2) is 6.61 Å². The molecule has 0 fully saturated rings. The lowest BCUT2D eigenvalue weighted by atomic mass is 10.2. The van der Waals surface area contributed by atoms with Crippen LogP contribution in [0.25, 0.3) is 0 Å². The lowest BCUT2D eigenvalue weighted by Crippen LogP contribution is -2.21. The number of carbonyl (C=O) groups is 2. The first kappa shape index (κ1) is 19.2. The minimum absolute atomic E-state index is 0.0324. The van der Waals surface area contributed by atoms with E-state index in [2.05, 4.69) is 5.32 Å². The number of anilines is 2. The van der Waals surface area contributed by atoms with Crippen LogP contribution in [0.2, 0.25) is 5.02 Å². The van der Waals surface area contributed by atoms with Gasteiger partial charge in [0, 0.05) is 30.9 Å². The maximum Gasteiger partial charge on any atom is 0.338 e. The van der Waals surface area contributed by atoms with Gasteiger partial charge in [0.1, 0.15) is 5.69 Å². The molecule has 26 heavy (non-hydrogen) atoms. The highest BCUT2D eigenvalue weighted by Crippen LogP contribution is 2.27. The summed E-state index contributed by atoms with van der Waals surface area (Å²) < 4.78 is 4.96. The summed E-state index contributed by atoms with van der Waals surface area (Å²) >= 11 is 5.71. The summed E-state index contributed by atoms with van der Waals surface area (Å²) in [6.07, 6.45) is 0. The van der Waals surface area contributed by atoms with Crippen LogP contribution in [0.1, 0.15) is 10.4 Å². The van der Waals surface area contributed by atoms with Crippen LogP contribution in [0.4, 0.5) is 17.1 Å². The normalized spacial score (nSPS) is 10.1. The molecule has 0 spiro atoms. The van der Waals surface area contributed by atoms with Gasteiger partial charge in [0.25, 0.3) is 11.6 Å². The number of halogens is 1. The van der Waals surface area contributed by atoms with Crippen LogP contribution < -0.4 is 10.2 Å². The molecule has 0 aromatic heterocycles. The SMILES string of the molecule is CN(C)c1cccc(C(=O)OCC(=O)Nc2ccc(Cl)cc2[N+](=O)[O-])c1. The fourth-order valence-electron chi connectivity index (χ4n) is 2.07. The molecule has 0 radical (unpaired) electrons. The predicted octanol–water partition coefficient (Wildman–Crippen LogP) is 3.11. The third kappa shape index (κ3) is 4.93. The standard InChI is InChI=1S/C17H16ClN3O5/c1-20(2)13-5-3-4-11(8-13)17(23)26-10-16(22)19-14-7-6-12(18)9-15(14)21(24)25/h3-9H,10H2,1-2H3,(H,19,22). The maximum absolute atomic E-state index is 12.0. The van der Waals surface area contributed by atoms with Gasteiger partial charge in [-0.3, -0.25) is 14.9 Å². The average Bonchev–Trinajstić information content (AvgIpc) is 2.61. The van der Waals surface area contributed by atoms with Gasteiger partial charge in [0.05, 0.1) is 10.5 Å². The van der Waals surface area contributed by atoms with E-state index in [0.29, 0.717) is 5.56 Å². The molecule has 8 nitrogen and oxygen atoms in total. The molecule has 0 heterocycles. The van der Waals surface area contributed by atoms with E-state index < -0.39 is 23.4 Å². The van der Waals surface area contributed by atoms with Gasteiger partial charge in [-0.25, -0.2) is 4.79 Å². The van der Waals surface area contributed by atoms with Crippen LogP contribution in [0, 0.1) is 10.1 Å². The zero-order valence-electron chi connectivity index (χ0n) is 14.1. The number of hydrogen-bond acceptors (Lipinski definition) is 6. The highest BCUT2D eigenvalue weighted by Gasteiger charge is 2.17. The zero-order valence-corrected chi connectivity index (χ0v) is 14.8. The third-order valence-corrected chi connectivity index (χ3v) is 3.60. The molecule has 0 saturated heterocycles. The maximum atomic E-state index is 12.0. The Morgan fingerprint density at radius 2 is 1.96 bits per heavy atom. The average molecular weight is 378 g/mol. The molecular weight excluding hydrogens is 362 g/mol. The number of esters is 1. The second-order valence-electron chi connectivity index (χ2n) is 5.49. The van der Waals surface area contributed by atoms with E-state index >= 15 is 0 Å². The van der Waals surface area contributed by atoms with E-state index in [1.165, 1.54) is 12.1 Å². The molecular formula is C17H16ClN3O5. The van der Waals surface area contributed by atoms with Gasteiger partial charge >= 0.3 is 5.97 Å². The Labute approximate surface area is 154 Å². The number of nitro groups is 1. The largest absolute Gasteiger partial charge is 0.452 e. The zero-order chi connectivity index (χ0) is 19.3. The molecule has 0 saturated carbocycles. The first-order valence-electron chi connectivity index (χ1n) is 7.46. The van der Waals surface area contributed by atoms with Crippen LogP contribution in [0.15, 0.2) is 42.5 Å². The lowest BCUT2D eigenvalue weighted by molar-refractivity contribution is -0.383. The van der Waals surface area contributed by atoms with Crippen molar-refractivity contribution in [2.75, 3.05) is 30.9 Å². The van der Waals surface area contributed by atoms with Crippen molar-refractivity contribution < 1.29 is 19.2 Å². The Morgan fingerprint density at radius 3 is 2.62 bits per heavy atom. The van der Waals surface area contributed by atoms with E-state index in [1.807, 2.05) is 25.1 Å². The number of ether oxygens (including phenoxy) is 1. The number of carbonyl (C=O) groups excluding carboxylic acids is 2. The molecule has 0 unspecified atom stereocenters. The minimum atomic E-state index is -0.701. The third-order valence-electron chi connectivity index (χ3n) is 3.36. The van der Waals surface area contributed by atoms with Gasteiger partial charge < -0.3 is 15.0 Å². The number of benzene rings is 2. The van der Waals surface area contributed by atoms with Crippen LogP contribution >= 0.6 is 11.6 Å². The van der Waals surface area contributed by atoms with E-state index in [4.69, 9.17) is 16.3 Å². The molecule has 1 amide bonds. The number of amides is 1. The Bertz CT molecular complexity index is 854. The van der Waals surface area contributed by atoms with Crippen molar-refractivity contribution in [2.24, 2.45) is 0 Å². The first-order chi connectivity index (χ1) is 12.3. The summed E-state index contributed by atoms with van der Waals surface area (Å²) in [5, 5.41) is 13.5. The van der Waals surface area contributed by atoms with Crippen molar-refractivity contribution in [1.82, 2.24) is 0 Å². The van der Waals surface area contributed by atoms with Crippen molar-refractivity contribution in [3.05, 3.63) is 63.2 Å². The van der Waals surface area contributed by atoms with E-state index in [1.54, 1.807) is 18.2 Å². The summed E-state index contributed by atoms with van der Waals surface area (Å²) in [5.74, 6) is -1.37. The van der Waals surface area contributed by atoms with Crippen molar-refractivity contribution in [3.63, 3.8) is 0 Å². The summed E-state index contributed by atoms with van der Waals surface area (Å²) in [4.78, 5) is 36.1. The molecule has 2 aromatic rings. The van der Waals surface area contributed by atoms with Gasteiger partial charge in [-0.05, 0) is 30.3 Å². The molecule has 2 aromatic carbocycles. The second-order valence-corrected chi connectivity index (χ2v) is 5.92. The first-order valence-corrected chi connectivity index (χ1v) is 7.84. The Morgan fingerprint density at radius 1 is 1.23 bits per heavy atom. The van der Waals surface area contributed by atoms with Gasteiger partial charge in [-0.1, -0.05) is 17.7 Å². The minimum Gasteiger partial charge on any atom is -0.452 e. The van der Waals surface area contributed by atoms with Gasteiger partial charge in [0.2, 0.25) is 0 Å². The fourth-order valence-corrected chi connectivity index (χ4v) is 2.24. The molecule has 136 valence electrons. The molecule has 0 aliphatic carbocycles. The molecule has 9 heteroatoms. The van der Waals surface area contributed by atoms with E-state index in [0.717, 1.165) is 11.8 Å². The Hall–Kier alpha value is -3.13. The Kier molecular flexibility index (Phi) is 6.13. The summed E-state index contributed by atoms with van der Waals surface area (Å²) in [5.41, 5.74) is 0.716. The summed E-state index contributed by atoms with van der Waals surface area (Å²) in [6.45, 7) is -0.579. The monoisotopic (exact) mass is 377 g/mol. The topological polar surface area (TPSA) is 102 Å². The van der Waals surface area contributed by atoms with Crippen LogP contribution in [-0.2, 0) is 9.53 Å². The molecule has 1 N–H and O–H groups in total. The van der Waals surface area contributed by atoms with E-state index in [9.17, 15) is 19.7 Å². The molecule has 0 atom stereocenters. The van der Waals surface area contributed by atoms with E-state index in [-0.39, 0.29) is 16.4 Å². The summed E-state index contributed by atoms with van der Waals surface area (Å²) in [6, 6.07) is 10.5. The van der Waals surface area contributed by atoms with Gasteiger partial charge in [-0.15, -0.1) is 0 Å². The van der Waals surface area contributed by atoms with Crippen LogP contribution in [0.5, 0.6) is 0 Å². The number of rotatable bonds is 6. The smallest absolute Gasteiger partial charge is 0.338 e. The molecule has 0 aliphatic rings. The number of nitrogens with one attached hydrogen (secondary N) is 1. The van der Waals surface area contributed by atoms with Crippen molar-refractivity contribution in [1.29, 1.82) is 0 Å². The lowest BCUT2D eigenvalue weighted by Gasteiger charge is -2.13. The fraction of sp³-hybridized carbons (Fsp3) is 0.176. The van der Waals surface area contributed by atoms with Crippen LogP contribution in [-0.4, -0.2) is 37.5 Å². The second kappa shape index (κ2) is 8.30. The Balaban J connectivity index is 2.00. The highest BCUT2D eigenvalue weighted by atomic mass is 35.5. The number of nitrogens with zero attached hydrogens (tertiary/aromatic N) is 2. The number of hydrogen-bond donors (Lipinski definition) is 1. The quantitative estimate of drug-likeness (QED) is 0.471. The van der Waals surface area contributed by atoms with Crippen molar-refractivity contribution >= 4 is 40.5 Å². The molecule has 2 rings (SSSR count). The molecule has 0 aliphatic heterocycles. The summed E-state index contributed by atoms with van der Waals surface area (Å²) in [7, 11) is 3.66. The van der Waals surface area contributed by atoms with Crippen molar-refractivity contribution in [3.8, 4) is 0 Å². The van der Waals surface area contributed by atoms with Crippen molar-refractivity contribution in [2.45, 2.75) is 0 Å². The van der Waals surface area contributed by atoms with Gasteiger partial charge in [-0.2, -0.15) is 0 Å². The molecule has 0 bridgehead atoms. The highest BCUT2D eigenvalue weighted by molar-refractivity contribution is 6.31. The van der Waals surface area contributed by atoms with Crippen LogP contribution in [0.3, 0.4) is 0 Å². The predicted molar refractivity (Wildman–Crippen MR) is 97.8 cm³/mol. The number of nitro benzene ring substituents is 1.